The van der Waals surface area contributed by atoms with Crippen LogP contribution in [0.4, 0.5) is 11.5 Å². The van der Waals surface area contributed by atoms with E-state index >= 15 is 0 Å². The first-order valence-electron chi connectivity index (χ1n) is 7.83. The maximum absolute atomic E-state index is 12.1. The molecule has 1 aliphatic rings. The Kier molecular flexibility index (Phi) is 4.37. The van der Waals surface area contributed by atoms with Crippen molar-refractivity contribution in [2.45, 2.75) is 32.6 Å². The number of aryl methyl sites for hydroxylation is 1. The molecular formula is C16H21N5O. The zero-order valence-electron chi connectivity index (χ0n) is 12.8. The monoisotopic (exact) mass is 299 g/mol. The molecule has 1 fully saturated rings. The lowest BCUT2D eigenvalue weighted by atomic mass is 10.1. The van der Waals surface area contributed by atoms with Gasteiger partial charge in [0.2, 0.25) is 0 Å². The lowest BCUT2D eigenvalue weighted by Crippen LogP contribution is -2.29. The van der Waals surface area contributed by atoms with Gasteiger partial charge in [-0.1, -0.05) is 6.92 Å². The highest BCUT2D eigenvalue weighted by atomic mass is 16.2. The maximum Gasteiger partial charge on any atom is 0.277 e. The van der Waals surface area contributed by atoms with E-state index in [2.05, 4.69) is 25.4 Å². The van der Waals surface area contributed by atoms with Crippen molar-refractivity contribution in [3.8, 4) is 0 Å². The van der Waals surface area contributed by atoms with Gasteiger partial charge in [-0.25, -0.2) is 4.98 Å². The van der Waals surface area contributed by atoms with E-state index in [-0.39, 0.29) is 5.91 Å². The average molecular weight is 299 g/mol. The zero-order chi connectivity index (χ0) is 15.4. The number of hydrogen-bond donors (Lipinski definition) is 2. The molecule has 6 nitrogen and oxygen atoms in total. The Labute approximate surface area is 129 Å². The molecule has 2 N–H and O–H groups in total. The number of carbonyl (C=O) groups is 1. The van der Waals surface area contributed by atoms with E-state index in [0.717, 1.165) is 30.9 Å². The molecule has 1 saturated heterocycles. The molecule has 22 heavy (non-hydrogen) atoms. The van der Waals surface area contributed by atoms with Crippen molar-refractivity contribution in [3.05, 3.63) is 35.8 Å². The van der Waals surface area contributed by atoms with Crippen LogP contribution < -0.4 is 10.2 Å². The predicted octanol–water partition coefficient (Wildman–Crippen LogP) is 2.61. The number of nitrogens with zero attached hydrogens (tertiary/aromatic N) is 3. The van der Waals surface area contributed by atoms with Crippen molar-refractivity contribution >= 4 is 17.4 Å². The number of nitrogens with one attached hydrogen (secondary N) is 2. The number of amides is 1. The minimum Gasteiger partial charge on any atom is -0.370 e. The van der Waals surface area contributed by atoms with Crippen LogP contribution in [0.25, 0.3) is 0 Å². The van der Waals surface area contributed by atoms with Gasteiger partial charge in [-0.05, 0) is 43.9 Å². The Morgan fingerprint density at radius 1 is 1.32 bits per heavy atom. The van der Waals surface area contributed by atoms with Gasteiger partial charge in [-0.3, -0.25) is 9.89 Å². The Morgan fingerprint density at radius 2 is 2.14 bits per heavy atom. The van der Waals surface area contributed by atoms with Gasteiger partial charge in [0.15, 0.2) is 5.69 Å². The van der Waals surface area contributed by atoms with E-state index in [0.29, 0.717) is 11.5 Å². The molecular weight excluding hydrogens is 278 g/mol. The average Bonchev–Trinajstić information content (AvgIpc) is 3.06. The lowest BCUT2D eigenvalue weighted by Gasteiger charge is -2.28. The molecule has 0 unspecified atom stereocenters. The number of rotatable bonds is 4. The zero-order valence-corrected chi connectivity index (χ0v) is 12.8. The van der Waals surface area contributed by atoms with Crippen LogP contribution in [0.5, 0.6) is 0 Å². The molecule has 6 heteroatoms. The maximum atomic E-state index is 12.1. The van der Waals surface area contributed by atoms with E-state index < -0.39 is 0 Å². The van der Waals surface area contributed by atoms with Crippen molar-refractivity contribution in [2.75, 3.05) is 23.3 Å². The molecule has 3 heterocycles. The van der Waals surface area contributed by atoms with Crippen LogP contribution in [-0.2, 0) is 6.42 Å². The molecule has 2 aromatic rings. The summed E-state index contributed by atoms with van der Waals surface area (Å²) >= 11 is 0. The number of aromatic nitrogens is 3. The fourth-order valence-corrected chi connectivity index (χ4v) is 2.64. The Balaban J connectivity index is 1.64. The van der Waals surface area contributed by atoms with Crippen LogP contribution >= 0.6 is 0 Å². The fraction of sp³-hybridized carbons (Fsp3) is 0.438. The van der Waals surface area contributed by atoms with E-state index in [1.165, 1.54) is 19.3 Å². The molecule has 0 aromatic carbocycles. The molecule has 3 rings (SSSR count). The predicted molar refractivity (Wildman–Crippen MR) is 86.2 cm³/mol. The molecule has 0 spiro atoms. The molecule has 0 radical (unpaired) electrons. The Morgan fingerprint density at radius 3 is 2.77 bits per heavy atom. The minimum atomic E-state index is -0.242. The van der Waals surface area contributed by atoms with Crippen LogP contribution in [0.1, 0.15) is 42.4 Å². The highest BCUT2D eigenvalue weighted by Gasteiger charge is 2.13. The fourth-order valence-electron chi connectivity index (χ4n) is 2.64. The van der Waals surface area contributed by atoms with Gasteiger partial charge in [-0.15, -0.1) is 0 Å². The second kappa shape index (κ2) is 6.60. The Bertz CT molecular complexity index is 628. The quantitative estimate of drug-likeness (QED) is 0.910. The number of anilines is 2. The van der Waals surface area contributed by atoms with Gasteiger partial charge >= 0.3 is 0 Å². The van der Waals surface area contributed by atoms with Gasteiger partial charge in [-0.2, -0.15) is 5.10 Å². The first kappa shape index (κ1) is 14.6. The summed E-state index contributed by atoms with van der Waals surface area (Å²) in [5.74, 6) is 0.306. The third-order valence-electron chi connectivity index (χ3n) is 3.96. The van der Waals surface area contributed by atoms with E-state index in [9.17, 15) is 4.79 Å². The molecule has 1 aliphatic heterocycles. The summed E-state index contributed by atoms with van der Waals surface area (Å²) in [6.07, 6.45) is 6.42. The Hall–Kier alpha value is -2.37. The summed E-state index contributed by atoms with van der Waals surface area (Å²) in [6.45, 7) is 4.18. The lowest BCUT2D eigenvalue weighted by molar-refractivity contribution is 0.102. The van der Waals surface area contributed by atoms with Gasteiger partial charge < -0.3 is 10.2 Å². The minimum absolute atomic E-state index is 0.242. The van der Waals surface area contributed by atoms with Crippen molar-refractivity contribution in [1.29, 1.82) is 0 Å². The van der Waals surface area contributed by atoms with Crippen LogP contribution in [-0.4, -0.2) is 34.2 Å². The van der Waals surface area contributed by atoms with Gasteiger partial charge in [0, 0.05) is 18.8 Å². The van der Waals surface area contributed by atoms with Crippen molar-refractivity contribution < 1.29 is 4.79 Å². The van der Waals surface area contributed by atoms with E-state index in [1.54, 1.807) is 6.07 Å². The summed E-state index contributed by atoms with van der Waals surface area (Å²) in [5, 5.41) is 9.61. The number of piperidine rings is 1. The van der Waals surface area contributed by atoms with Gasteiger partial charge in [0.05, 0.1) is 11.9 Å². The second-order valence-electron chi connectivity index (χ2n) is 5.54. The van der Waals surface area contributed by atoms with Gasteiger partial charge in [0.1, 0.15) is 5.82 Å². The largest absolute Gasteiger partial charge is 0.370 e. The van der Waals surface area contributed by atoms with Gasteiger partial charge in [0.25, 0.3) is 5.91 Å². The first-order valence-corrected chi connectivity index (χ1v) is 7.83. The highest BCUT2D eigenvalue weighted by molar-refractivity contribution is 6.02. The first-order chi connectivity index (χ1) is 10.8. The third kappa shape index (κ3) is 3.27. The highest BCUT2D eigenvalue weighted by Crippen LogP contribution is 2.20. The normalized spacial score (nSPS) is 14.9. The van der Waals surface area contributed by atoms with Crippen molar-refractivity contribution in [3.63, 3.8) is 0 Å². The molecule has 0 atom stereocenters. The van der Waals surface area contributed by atoms with Crippen LogP contribution in [0.15, 0.2) is 24.4 Å². The number of H-pyrrole nitrogens is 1. The molecule has 2 aromatic heterocycles. The summed E-state index contributed by atoms with van der Waals surface area (Å²) in [7, 11) is 0. The molecule has 0 aliphatic carbocycles. The third-order valence-corrected chi connectivity index (χ3v) is 3.96. The number of hydrogen-bond acceptors (Lipinski definition) is 4. The van der Waals surface area contributed by atoms with Crippen molar-refractivity contribution in [2.24, 2.45) is 0 Å². The summed E-state index contributed by atoms with van der Waals surface area (Å²) < 4.78 is 0. The van der Waals surface area contributed by atoms with Crippen molar-refractivity contribution in [1.82, 2.24) is 15.2 Å². The van der Waals surface area contributed by atoms with E-state index in [1.807, 2.05) is 25.3 Å². The number of pyridine rings is 1. The van der Waals surface area contributed by atoms with Crippen LogP contribution in [0.3, 0.4) is 0 Å². The summed E-state index contributed by atoms with van der Waals surface area (Å²) in [6, 6.07) is 5.61. The number of carbonyl (C=O) groups excluding carboxylic acids is 1. The summed E-state index contributed by atoms with van der Waals surface area (Å²) in [4.78, 5) is 18.8. The molecule has 0 bridgehead atoms. The smallest absolute Gasteiger partial charge is 0.277 e. The number of aromatic amines is 1. The summed E-state index contributed by atoms with van der Waals surface area (Å²) in [5.41, 5.74) is 2.45. The molecule has 116 valence electrons. The van der Waals surface area contributed by atoms with E-state index in [4.69, 9.17) is 0 Å². The SMILES string of the molecule is CCc1cc(C(=O)Nc2ccc(N3CCCCC3)cn2)n[nH]1. The second-order valence-corrected chi connectivity index (χ2v) is 5.54. The molecule has 0 saturated carbocycles. The topological polar surface area (TPSA) is 73.9 Å². The standard InChI is InChI=1S/C16H21N5O/c1-2-12-10-14(20-19-12)16(22)18-15-7-6-13(11-17-15)21-8-4-3-5-9-21/h6-7,10-11H,2-5,8-9H2,1H3,(H,19,20)(H,17,18,22). The molecule has 1 amide bonds. The van der Waals surface area contributed by atoms with Crippen LogP contribution in [0.2, 0.25) is 0 Å². The van der Waals surface area contributed by atoms with Crippen LogP contribution in [0, 0.1) is 0 Å².